The number of hydrogen-bond acceptors (Lipinski definition) is 8. The average molecular weight is 521 g/mol. The van der Waals surface area contributed by atoms with E-state index in [4.69, 9.17) is 14.2 Å². The number of aromatic nitrogens is 1. The van der Waals surface area contributed by atoms with Gasteiger partial charge in [0, 0.05) is 6.92 Å². The zero-order valence-electron chi connectivity index (χ0n) is 21.4. The highest BCUT2D eigenvalue weighted by Crippen LogP contribution is 2.31. The molecule has 0 fully saturated rings. The maximum atomic E-state index is 13.7. The molecule has 0 N–H and O–H groups in total. The number of allylic oxidation sites excluding steroid dienone is 1. The first-order valence-corrected chi connectivity index (χ1v) is 12.8. The van der Waals surface area contributed by atoms with Gasteiger partial charge in [-0.25, -0.2) is 9.79 Å². The molecule has 0 saturated carbocycles. The van der Waals surface area contributed by atoms with Gasteiger partial charge in [0.25, 0.3) is 5.56 Å². The van der Waals surface area contributed by atoms with Crippen molar-refractivity contribution in [3.63, 3.8) is 0 Å². The highest BCUT2D eigenvalue weighted by Gasteiger charge is 2.33. The molecule has 8 nitrogen and oxygen atoms in total. The van der Waals surface area contributed by atoms with Gasteiger partial charge in [-0.1, -0.05) is 47.2 Å². The number of fused-ring (bicyclic) bond motifs is 1. The Morgan fingerprint density at radius 1 is 1.05 bits per heavy atom. The van der Waals surface area contributed by atoms with Crippen molar-refractivity contribution in [3.05, 3.63) is 90.1 Å². The molecule has 0 radical (unpaired) electrons. The molecule has 1 aliphatic heterocycles. The Kier molecular flexibility index (Phi) is 7.73. The second kappa shape index (κ2) is 11.0. The molecule has 1 atom stereocenters. The number of carbonyl (C=O) groups excluding carboxylic acids is 2. The Morgan fingerprint density at radius 2 is 1.78 bits per heavy atom. The summed E-state index contributed by atoms with van der Waals surface area (Å²) in [5, 5.41) is 0. The number of nitrogens with zero attached hydrogens (tertiary/aromatic N) is 2. The topological polar surface area (TPSA) is 96.2 Å². The zero-order valence-corrected chi connectivity index (χ0v) is 22.2. The van der Waals surface area contributed by atoms with Gasteiger partial charge in [-0.05, 0) is 57.0 Å². The first-order chi connectivity index (χ1) is 17.7. The van der Waals surface area contributed by atoms with E-state index in [2.05, 4.69) is 4.99 Å². The van der Waals surface area contributed by atoms with Crippen LogP contribution in [0, 0.1) is 6.92 Å². The van der Waals surface area contributed by atoms with Crippen LogP contribution in [0.15, 0.2) is 63.5 Å². The molecule has 2 heterocycles. The number of aryl methyl sites for hydroxylation is 1. The van der Waals surface area contributed by atoms with Crippen LogP contribution < -0.4 is 24.4 Å². The lowest BCUT2D eigenvalue weighted by Gasteiger charge is -2.24. The van der Waals surface area contributed by atoms with Crippen molar-refractivity contribution in [2.24, 2.45) is 4.99 Å². The molecule has 9 heteroatoms. The minimum atomic E-state index is -0.664. The molecule has 0 bridgehead atoms. The van der Waals surface area contributed by atoms with Gasteiger partial charge in [0.1, 0.15) is 0 Å². The molecule has 1 aliphatic rings. The largest absolute Gasteiger partial charge is 0.490 e. The Morgan fingerprint density at radius 3 is 2.43 bits per heavy atom. The summed E-state index contributed by atoms with van der Waals surface area (Å²) >= 11 is 1.24. The summed E-state index contributed by atoms with van der Waals surface area (Å²) in [6.07, 6.45) is 1.74. The number of esters is 2. The summed E-state index contributed by atoms with van der Waals surface area (Å²) < 4.78 is 18.2. The minimum Gasteiger partial charge on any atom is -0.490 e. The first kappa shape index (κ1) is 26.1. The number of carbonyl (C=O) groups is 2. The average Bonchev–Trinajstić information content (AvgIpc) is 3.14. The molecule has 37 heavy (non-hydrogen) atoms. The molecule has 192 valence electrons. The second-order valence-electron chi connectivity index (χ2n) is 8.45. The molecule has 4 rings (SSSR count). The summed E-state index contributed by atoms with van der Waals surface area (Å²) in [4.78, 5) is 43.2. The van der Waals surface area contributed by atoms with Crippen LogP contribution in [0.4, 0.5) is 0 Å². The van der Waals surface area contributed by atoms with E-state index in [0.717, 1.165) is 11.1 Å². The third-order valence-electron chi connectivity index (χ3n) is 5.73. The van der Waals surface area contributed by atoms with E-state index in [0.29, 0.717) is 44.3 Å². The van der Waals surface area contributed by atoms with E-state index in [1.807, 2.05) is 38.1 Å². The number of rotatable bonds is 7. The van der Waals surface area contributed by atoms with E-state index < -0.39 is 18.0 Å². The molecule has 1 aromatic heterocycles. The van der Waals surface area contributed by atoms with Crippen LogP contribution in [0.25, 0.3) is 6.08 Å². The zero-order chi connectivity index (χ0) is 26.7. The fourth-order valence-electron chi connectivity index (χ4n) is 4.13. The van der Waals surface area contributed by atoms with Gasteiger partial charge in [-0.15, -0.1) is 0 Å². The van der Waals surface area contributed by atoms with Crippen LogP contribution in [-0.4, -0.2) is 29.7 Å². The minimum absolute atomic E-state index is 0.214. The fourth-order valence-corrected chi connectivity index (χ4v) is 5.18. The molecule has 2 aromatic carbocycles. The standard InChI is InChI=1S/C28H28N2O6S/c1-6-34-22-14-19(10-13-21(22)36-18(5)31)15-23-26(32)30-25(20-11-8-16(3)9-12-20)24(27(33)35-7-2)17(4)29-28(30)37-23/h8-15,25H,6-7H2,1-5H3/t25-/m1/s1. The summed E-state index contributed by atoms with van der Waals surface area (Å²) in [5.74, 6) is -0.240. The molecule has 0 amide bonds. The Bertz CT molecular complexity index is 1560. The first-order valence-electron chi connectivity index (χ1n) is 11.9. The Labute approximate surface area is 218 Å². The van der Waals surface area contributed by atoms with Crippen molar-refractivity contribution < 1.29 is 23.8 Å². The van der Waals surface area contributed by atoms with Gasteiger partial charge in [-0.3, -0.25) is 14.2 Å². The van der Waals surface area contributed by atoms with Crippen molar-refractivity contribution in [1.82, 2.24) is 4.57 Å². The van der Waals surface area contributed by atoms with Crippen molar-refractivity contribution in [3.8, 4) is 11.5 Å². The van der Waals surface area contributed by atoms with Crippen LogP contribution in [-0.2, 0) is 14.3 Å². The lowest BCUT2D eigenvalue weighted by atomic mass is 9.95. The number of hydrogen-bond donors (Lipinski definition) is 0. The Balaban J connectivity index is 1.88. The van der Waals surface area contributed by atoms with Crippen molar-refractivity contribution in [2.45, 2.75) is 40.7 Å². The summed E-state index contributed by atoms with van der Waals surface area (Å²) in [6.45, 7) is 9.22. The van der Waals surface area contributed by atoms with Crippen LogP contribution >= 0.6 is 11.3 Å². The Hall–Kier alpha value is -3.98. The summed E-state index contributed by atoms with van der Waals surface area (Å²) in [5.41, 5.74) is 3.13. The molecule has 3 aromatic rings. The molecule has 0 unspecified atom stereocenters. The second-order valence-corrected chi connectivity index (χ2v) is 9.45. The van der Waals surface area contributed by atoms with Crippen molar-refractivity contribution >= 4 is 29.4 Å². The smallest absolute Gasteiger partial charge is 0.338 e. The predicted octanol–water partition coefficient (Wildman–Crippen LogP) is 3.43. The number of ether oxygens (including phenoxy) is 3. The highest BCUT2D eigenvalue weighted by molar-refractivity contribution is 7.07. The number of thiazole rings is 1. The van der Waals surface area contributed by atoms with E-state index in [1.165, 1.54) is 18.3 Å². The third kappa shape index (κ3) is 5.41. The van der Waals surface area contributed by atoms with Gasteiger partial charge in [0.05, 0.1) is 35.1 Å². The molecule has 0 spiro atoms. The molecular weight excluding hydrogens is 492 g/mol. The molecular formula is C28H28N2O6S. The van der Waals surface area contributed by atoms with E-state index in [9.17, 15) is 14.4 Å². The molecule has 0 aliphatic carbocycles. The monoisotopic (exact) mass is 520 g/mol. The maximum Gasteiger partial charge on any atom is 0.338 e. The normalized spacial score (nSPS) is 15.2. The van der Waals surface area contributed by atoms with Crippen LogP contribution in [0.2, 0.25) is 0 Å². The fraction of sp³-hybridized carbons (Fsp3) is 0.286. The van der Waals surface area contributed by atoms with Gasteiger partial charge in [0.2, 0.25) is 0 Å². The quantitative estimate of drug-likeness (QED) is 0.350. The third-order valence-corrected chi connectivity index (χ3v) is 6.71. The molecule has 0 saturated heterocycles. The summed E-state index contributed by atoms with van der Waals surface area (Å²) in [7, 11) is 0. The van der Waals surface area contributed by atoms with Gasteiger partial charge in [-0.2, -0.15) is 0 Å². The van der Waals surface area contributed by atoms with Gasteiger partial charge in [0.15, 0.2) is 16.3 Å². The highest BCUT2D eigenvalue weighted by atomic mass is 32.1. The van der Waals surface area contributed by atoms with Crippen LogP contribution in [0.5, 0.6) is 11.5 Å². The SMILES string of the molecule is CCOC(=O)C1=C(C)N=c2sc(=Cc3ccc(OC(C)=O)c(OCC)c3)c(=O)n2[C@@H]1c1ccc(C)cc1. The number of benzene rings is 2. The van der Waals surface area contributed by atoms with E-state index in [-0.39, 0.29) is 12.2 Å². The lowest BCUT2D eigenvalue weighted by molar-refractivity contribution is -0.139. The van der Waals surface area contributed by atoms with Crippen molar-refractivity contribution in [1.29, 1.82) is 0 Å². The lowest BCUT2D eigenvalue weighted by Crippen LogP contribution is -2.39. The van der Waals surface area contributed by atoms with E-state index in [1.54, 1.807) is 42.7 Å². The maximum absolute atomic E-state index is 13.7. The van der Waals surface area contributed by atoms with Gasteiger partial charge >= 0.3 is 11.9 Å². The van der Waals surface area contributed by atoms with Gasteiger partial charge < -0.3 is 14.2 Å². The van der Waals surface area contributed by atoms with Crippen molar-refractivity contribution in [2.75, 3.05) is 13.2 Å². The van der Waals surface area contributed by atoms with Crippen LogP contribution in [0.1, 0.15) is 50.4 Å². The van der Waals surface area contributed by atoms with E-state index >= 15 is 0 Å². The predicted molar refractivity (Wildman–Crippen MR) is 140 cm³/mol. The summed E-state index contributed by atoms with van der Waals surface area (Å²) in [6, 6.07) is 12.1. The van der Waals surface area contributed by atoms with Crippen LogP contribution in [0.3, 0.4) is 0 Å².